The first kappa shape index (κ1) is 48.4. The fraction of sp³-hybridized carbons (Fsp3) is 0.0400. The van der Waals surface area contributed by atoms with E-state index in [9.17, 15) is 4.79 Å². The predicted molar refractivity (Wildman–Crippen MR) is 261 cm³/mol. The van der Waals surface area contributed by atoms with E-state index in [4.69, 9.17) is 24.1 Å². The molecule has 319 valence electrons. The Kier molecular flexibility index (Phi) is 18.9. The van der Waals surface area contributed by atoms with E-state index in [0.717, 1.165) is 45.0 Å². The van der Waals surface area contributed by atoms with Gasteiger partial charge in [-0.3, -0.25) is 24.7 Å². The maximum absolute atomic E-state index is 12.6. The van der Waals surface area contributed by atoms with Crippen LogP contribution in [0.15, 0.2) is 195 Å². The van der Waals surface area contributed by atoms with Crippen molar-refractivity contribution in [2.75, 3.05) is 21.3 Å². The van der Waals surface area contributed by atoms with Crippen molar-refractivity contribution in [2.45, 2.75) is 13.8 Å². The van der Waals surface area contributed by atoms with Crippen molar-refractivity contribution >= 4 is 81.4 Å². The van der Waals surface area contributed by atoms with Crippen molar-refractivity contribution in [3.05, 3.63) is 212 Å². The molecular weight excluding hydrogens is 886 g/mol. The number of aromatic nitrogens is 5. The molecule has 13 nitrogen and oxygen atoms in total. The second kappa shape index (κ2) is 25.4. The number of nitrogens with zero attached hydrogens (tertiary/aromatic N) is 5. The minimum atomic E-state index is -0.260. The van der Waals surface area contributed by atoms with Gasteiger partial charge in [-0.15, -0.1) is 11.4 Å². The van der Waals surface area contributed by atoms with E-state index in [0.29, 0.717) is 39.7 Å². The molecule has 0 spiro atoms. The Labute approximate surface area is 404 Å². The van der Waals surface area contributed by atoms with Gasteiger partial charge in [0.1, 0.15) is 25.2 Å². The fourth-order valence-corrected chi connectivity index (χ4v) is 5.69. The number of benzene rings is 4. The van der Waals surface area contributed by atoms with Gasteiger partial charge >= 0.3 is 0 Å². The van der Waals surface area contributed by atoms with Crippen LogP contribution in [0.25, 0.3) is 22.4 Å². The average molecular weight is 931 g/mol. The van der Waals surface area contributed by atoms with Crippen molar-refractivity contribution in [1.82, 2.24) is 24.9 Å². The third-order valence-electron chi connectivity index (χ3n) is 8.76. The minimum absolute atomic E-state index is 0. The normalized spacial score (nSPS) is 9.82. The Balaban J connectivity index is 0.000000210. The van der Waals surface area contributed by atoms with Crippen LogP contribution in [0.3, 0.4) is 0 Å². The number of carbonyl (C=O) groups is 1. The van der Waals surface area contributed by atoms with Crippen LogP contribution >= 0.6 is 0 Å². The number of amides is 1. The third-order valence-corrected chi connectivity index (χ3v) is 8.76. The summed E-state index contributed by atoms with van der Waals surface area (Å²) in [7, 11) is 5.93. The van der Waals surface area contributed by atoms with E-state index < -0.39 is 0 Å². The molecule has 5 aromatic heterocycles. The van der Waals surface area contributed by atoms with Crippen molar-refractivity contribution in [2.24, 2.45) is 0 Å². The Hall–Kier alpha value is -7.67. The largest absolute Gasteiger partial charge is 0.699 e. The standard InChI is InChI=1S/C26H18BN5O2.2C11H10N3.C2H6.Y/c27-18-3-7-23-22(15-18)24(11-14-29-23)31-19-4-1-17(2-5-19)26(33)32-25-8-6-21(16-30-25)34-20-9-12-28-13-10-20;2*12-9-1-3-10(4-2-9)14-11-5-7-13-8-6-11;1-2;/h1-16H,(H,29,31)(H,30,32,33);2*1-8,12H,(H,13,14);1-2H3;/q;2*-1;;. The molecular formula is C50H44BN11O2Y-2. The van der Waals surface area contributed by atoms with Crippen LogP contribution in [0.1, 0.15) is 24.2 Å². The van der Waals surface area contributed by atoms with Gasteiger partial charge < -0.3 is 37.5 Å². The van der Waals surface area contributed by atoms with Crippen LogP contribution in [0.5, 0.6) is 11.5 Å². The molecule has 0 aliphatic heterocycles. The van der Waals surface area contributed by atoms with Gasteiger partial charge in [-0.05, 0) is 109 Å². The molecule has 15 heteroatoms. The molecule has 1 amide bonds. The molecule has 0 saturated carbocycles. The van der Waals surface area contributed by atoms with Gasteiger partial charge in [0, 0.05) is 121 Å². The molecule has 65 heavy (non-hydrogen) atoms. The van der Waals surface area contributed by atoms with Gasteiger partial charge in [0.05, 0.1) is 11.7 Å². The van der Waals surface area contributed by atoms with Crippen LogP contribution in [0, 0.1) is 0 Å². The summed E-state index contributed by atoms with van der Waals surface area (Å²) in [6.45, 7) is 4.00. The first-order valence-electron chi connectivity index (χ1n) is 20.2. The number of pyridine rings is 5. The zero-order valence-corrected chi connectivity index (χ0v) is 38.5. The monoisotopic (exact) mass is 930 g/mol. The SMILES string of the molecule is CC.[B]c1ccc2nccc(Nc3ccc(C(=O)Nc4ccc(Oc5ccncc5)cn4)cc3)c2c1.[NH-]c1ccc(Nc2ccncc2)cc1.[NH-]c1ccc(Nc2ccncc2)cc1.[Y]. The number of ether oxygens (including phenoxy) is 1. The summed E-state index contributed by atoms with van der Waals surface area (Å²) in [6, 6.07) is 43.7. The Bertz CT molecular complexity index is 2710. The number of carbonyl (C=O) groups excluding carboxylic acids is 1. The summed E-state index contributed by atoms with van der Waals surface area (Å²) >= 11 is 0. The molecule has 5 heterocycles. The molecule has 0 aliphatic rings. The molecule has 9 aromatic rings. The fourth-order valence-electron chi connectivity index (χ4n) is 5.69. The average Bonchev–Trinajstić information content (AvgIpc) is 3.34. The summed E-state index contributed by atoms with van der Waals surface area (Å²) in [5.41, 5.74) is 23.4. The quantitative estimate of drug-likeness (QED) is 0.0962. The van der Waals surface area contributed by atoms with Gasteiger partial charge in [-0.2, -0.15) is 0 Å². The number of anilines is 7. The summed E-state index contributed by atoms with van der Waals surface area (Å²) < 4.78 is 5.69. The van der Waals surface area contributed by atoms with E-state index in [2.05, 4.69) is 46.2 Å². The molecule has 4 aromatic carbocycles. The number of fused-ring (bicyclic) bond motifs is 1. The smallest absolute Gasteiger partial charge is 0.256 e. The van der Waals surface area contributed by atoms with Crippen LogP contribution in [-0.2, 0) is 32.7 Å². The van der Waals surface area contributed by atoms with E-state index in [1.165, 1.54) is 0 Å². The van der Waals surface area contributed by atoms with Gasteiger partial charge in [0.25, 0.3) is 5.91 Å². The maximum Gasteiger partial charge on any atom is 0.256 e. The van der Waals surface area contributed by atoms with Gasteiger partial charge in [-0.25, -0.2) is 4.98 Å². The topological polar surface area (TPSA) is 186 Å². The van der Waals surface area contributed by atoms with Crippen molar-refractivity contribution in [3.63, 3.8) is 0 Å². The molecule has 0 atom stereocenters. The Morgan fingerprint density at radius 2 is 1.02 bits per heavy atom. The summed E-state index contributed by atoms with van der Waals surface area (Å²) in [4.78, 5) is 33.1. The summed E-state index contributed by atoms with van der Waals surface area (Å²) in [5, 5.41) is 13.5. The Morgan fingerprint density at radius 1 is 0.523 bits per heavy atom. The number of nitrogens with one attached hydrogen (secondary N) is 6. The van der Waals surface area contributed by atoms with Crippen molar-refractivity contribution in [1.29, 1.82) is 0 Å². The summed E-state index contributed by atoms with van der Waals surface area (Å²) in [5.74, 6) is 1.38. The zero-order valence-electron chi connectivity index (χ0n) is 35.7. The number of rotatable bonds is 10. The van der Waals surface area contributed by atoms with Gasteiger partial charge in [0.15, 0.2) is 0 Å². The van der Waals surface area contributed by atoms with E-state index in [1.807, 2.05) is 98.8 Å². The first-order chi connectivity index (χ1) is 31.3. The molecule has 0 fully saturated rings. The van der Waals surface area contributed by atoms with Crippen LogP contribution in [0.2, 0.25) is 0 Å². The maximum atomic E-state index is 12.6. The first-order valence-corrected chi connectivity index (χ1v) is 20.2. The molecule has 0 aliphatic carbocycles. The molecule has 0 saturated heterocycles. The number of hydrogen-bond acceptors (Lipinski definition) is 10. The van der Waals surface area contributed by atoms with Gasteiger partial charge in [-0.1, -0.05) is 55.7 Å². The van der Waals surface area contributed by atoms with Gasteiger partial charge in [0.2, 0.25) is 0 Å². The van der Waals surface area contributed by atoms with Crippen molar-refractivity contribution in [3.8, 4) is 11.5 Å². The second-order valence-corrected chi connectivity index (χ2v) is 13.3. The molecule has 0 bridgehead atoms. The number of hydrogen-bond donors (Lipinski definition) is 4. The zero-order chi connectivity index (χ0) is 44.9. The van der Waals surface area contributed by atoms with Crippen LogP contribution in [-0.4, -0.2) is 38.7 Å². The third kappa shape index (κ3) is 15.6. The van der Waals surface area contributed by atoms with Crippen LogP contribution < -0.4 is 31.5 Å². The Morgan fingerprint density at radius 3 is 1.54 bits per heavy atom. The van der Waals surface area contributed by atoms with E-state index >= 15 is 0 Å². The molecule has 3 radical (unpaired) electrons. The minimum Gasteiger partial charge on any atom is -0.699 e. The molecule has 6 N–H and O–H groups in total. The predicted octanol–water partition coefficient (Wildman–Crippen LogP) is 12.6. The summed E-state index contributed by atoms with van der Waals surface area (Å²) in [6.07, 6.45) is 13.5. The van der Waals surface area contributed by atoms with E-state index in [-0.39, 0.29) is 38.6 Å². The van der Waals surface area contributed by atoms with Crippen molar-refractivity contribution < 1.29 is 42.2 Å². The molecule has 9 rings (SSSR count). The molecule has 0 unspecified atom stereocenters. The second-order valence-electron chi connectivity index (χ2n) is 13.3. The van der Waals surface area contributed by atoms with Crippen LogP contribution in [0.4, 0.5) is 51.3 Å². The van der Waals surface area contributed by atoms with E-state index in [1.54, 1.807) is 110 Å².